The van der Waals surface area contributed by atoms with Crippen LogP contribution in [0.5, 0.6) is 0 Å². The van der Waals surface area contributed by atoms with Crippen molar-refractivity contribution >= 4 is 5.97 Å². The second-order valence-corrected chi connectivity index (χ2v) is 7.14. The van der Waals surface area contributed by atoms with E-state index in [0.717, 1.165) is 12.8 Å². The first-order valence-corrected chi connectivity index (χ1v) is 10.6. The topological polar surface area (TPSA) is 37.3 Å². The van der Waals surface area contributed by atoms with Gasteiger partial charge in [0.25, 0.3) is 0 Å². The minimum atomic E-state index is -0.656. The average molecular weight is 339 g/mol. The van der Waals surface area contributed by atoms with Gasteiger partial charge < -0.3 is 5.11 Å². The van der Waals surface area contributed by atoms with E-state index < -0.39 is 5.97 Å². The maximum absolute atomic E-state index is 10.4. The third kappa shape index (κ3) is 21.2. The molecule has 0 bridgehead atoms. The quantitative estimate of drug-likeness (QED) is 0.194. The lowest BCUT2D eigenvalue weighted by Gasteiger charge is -2.01. The van der Waals surface area contributed by atoms with Crippen molar-refractivity contribution in [1.29, 1.82) is 0 Å². The van der Waals surface area contributed by atoms with E-state index in [1.54, 1.807) is 0 Å². The highest BCUT2D eigenvalue weighted by atomic mass is 16.4. The number of rotatable bonds is 19. The summed E-state index contributed by atoms with van der Waals surface area (Å²) in [5.41, 5.74) is 0. The molecule has 0 radical (unpaired) electrons. The Hall–Kier alpha value is -0.790. The van der Waals surface area contributed by atoms with Gasteiger partial charge in [0, 0.05) is 6.42 Å². The largest absolute Gasteiger partial charge is 0.481 e. The zero-order chi connectivity index (χ0) is 17.7. The second kappa shape index (κ2) is 20.3. The van der Waals surface area contributed by atoms with Gasteiger partial charge in [-0.1, -0.05) is 96.1 Å². The first kappa shape index (κ1) is 23.2. The van der Waals surface area contributed by atoms with Gasteiger partial charge in [-0.3, -0.25) is 4.79 Å². The Bertz CT molecular complexity index is 284. The number of carboxylic acids is 1. The lowest BCUT2D eigenvalue weighted by atomic mass is 10.1. The summed E-state index contributed by atoms with van der Waals surface area (Å²) in [5.74, 6) is -0.656. The van der Waals surface area contributed by atoms with Gasteiger partial charge in [0.1, 0.15) is 0 Å². The normalized spacial score (nSPS) is 11.4. The zero-order valence-electron chi connectivity index (χ0n) is 16.2. The molecular formula is C22H42O2. The molecule has 2 nitrogen and oxygen atoms in total. The maximum atomic E-state index is 10.4. The van der Waals surface area contributed by atoms with Gasteiger partial charge in [-0.15, -0.1) is 0 Å². The molecule has 0 aromatic heterocycles. The number of allylic oxidation sites excluding steroid dienone is 2. The highest BCUT2D eigenvalue weighted by Gasteiger charge is 1.96. The van der Waals surface area contributed by atoms with Gasteiger partial charge >= 0.3 is 5.97 Å². The second-order valence-electron chi connectivity index (χ2n) is 7.14. The Labute approximate surface area is 151 Å². The Balaban J connectivity index is 3.06. The summed E-state index contributed by atoms with van der Waals surface area (Å²) in [7, 11) is 0. The van der Waals surface area contributed by atoms with Crippen LogP contribution in [0.25, 0.3) is 0 Å². The predicted octanol–water partition coefficient (Wildman–Crippen LogP) is 7.67. The number of carbonyl (C=O) groups is 1. The molecule has 0 spiro atoms. The van der Waals surface area contributed by atoms with Crippen LogP contribution in [-0.4, -0.2) is 11.1 Å². The van der Waals surface area contributed by atoms with E-state index in [4.69, 9.17) is 5.11 Å². The van der Waals surface area contributed by atoms with Gasteiger partial charge in [0.15, 0.2) is 0 Å². The highest BCUT2D eigenvalue weighted by molar-refractivity contribution is 5.66. The molecule has 0 unspecified atom stereocenters. The van der Waals surface area contributed by atoms with Crippen molar-refractivity contribution in [3.8, 4) is 0 Å². The standard InChI is InChI=1S/C22H42O2/c1-2-3-4-5-6-7-8-9-10-11-12-13-14-15-16-17-18-19-20-21-22(23)24/h9-10H,2-8,11-21H2,1H3,(H,23,24)/b10-9-. The molecule has 0 heterocycles. The molecule has 0 aliphatic rings. The smallest absolute Gasteiger partial charge is 0.303 e. The fourth-order valence-corrected chi connectivity index (χ4v) is 3.05. The molecule has 0 aromatic carbocycles. The molecule has 142 valence electrons. The van der Waals surface area contributed by atoms with Gasteiger partial charge in [-0.2, -0.15) is 0 Å². The van der Waals surface area contributed by atoms with Crippen molar-refractivity contribution in [1.82, 2.24) is 0 Å². The van der Waals surface area contributed by atoms with Crippen LogP contribution in [-0.2, 0) is 4.79 Å². The summed E-state index contributed by atoms with van der Waals surface area (Å²) in [6, 6.07) is 0. The molecule has 0 saturated carbocycles. The van der Waals surface area contributed by atoms with E-state index in [0.29, 0.717) is 6.42 Å². The summed E-state index contributed by atoms with van der Waals surface area (Å²) in [6.45, 7) is 2.27. The van der Waals surface area contributed by atoms with Crippen LogP contribution in [0.3, 0.4) is 0 Å². The van der Waals surface area contributed by atoms with E-state index in [9.17, 15) is 4.79 Å². The van der Waals surface area contributed by atoms with Gasteiger partial charge in [-0.05, 0) is 32.1 Å². The highest BCUT2D eigenvalue weighted by Crippen LogP contribution is 2.12. The van der Waals surface area contributed by atoms with Crippen molar-refractivity contribution < 1.29 is 9.90 Å². The minimum absolute atomic E-state index is 0.340. The SMILES string of the molecule is CCCCCCCC/C=C\CCCCCCCCCCCC(=O)O. The fraction of sp³-hybridized carbons (Fsp3) is 0.864. The lowest BCUT2D eigenvalue weighted by molar-refractivity contribution is -0.137. The number of unbranched alkanes of at least 4 members (excludes halogenated alkanes) is 15. The molecule has 0 aliphatic carbocycles. The van der Waals surface area contributed by atoms with E-state index in [2.05, 4.69) is 19.1 Å². The van der Waals surface area contributed by atoms with Crippen LogP contribution in [0.15, 0.2) is 12.2 Å². The monoisotopic (exact) mass is 338 g/mol. The van der Waals surface area contributed by atoms with Crippen LogP contribution in [0, 0.1) is 0 Å². The van der Waals surface area contributed by atoms with Crippen molar-refractivity contribution in [3.63, 3.8) is 0 Å². The van der Waals surface area contributed by atoms with E-state index >= 15 is 0 Å². The first-order chi connectivity index (χ1) is 11.8. The first-order valence-electron chi connectivity index (χ1n) is 10.6. The van der Waals surface area contributed by atoms with Crippen LogP contribution in [0.1, 0.15) is 122 Å². The molecule has 0 fully saturated rings. The van der Waals surface area contributed by atoms with Crippen molar-refractivity contribution in [2.24, 2.45) is 0 Å². The number of hydrogen-bond donors (Lipinski definition) is 1. The Morgan fingerprint density at radius 1 is 0.625 bits per heavy atom. The number of aliphatic carboxylic acids is 1. The van der Waals surface area contributed by atoms with Gasteiger partial charge in [0.05, 0.1) is 0 Å². The fourth-order valence-electron chi connectivity index (χ4n) is 3.05. The molecule has 0 saturated heterocycles. The summed E-state index contributed by atoms with van der Waals surface area (Å²) in [6.07, 6.45) is 27.1. The van der Waals surface area contributed by atoms with Crippen LogP contribution >= 0.6 is 0 Å². The average Bonchev–Trinajstić information content (AvgIpc) is 2.56. The predicted molar refractivity (Wildman–Crippen MR) is 106 cm³/mol. The minimum Gasteiger partial charge on any atom is -0.481 e. The van der Waals surface area contributed by atoms with Gasteiger partial charge in [0.2, 0.25) is 0 Å². The number of carboxylic acid groups (broad SMARTS) is 1. The van der Waals surface area contributed by atoms with Crippen molar-refractivity contribution in [2.75, 3.05) is 0 Å². The van der Waals surface area contributed by atoms with Crippen LogP contribution in [0.4, 0.5) is 0 Å². The molecule has 24 heavy (non-hydrogen) atoms. The van der Waals surface area contributed by atoms with Crippen LogP contribution in [0.2, 0.25) is 0 Å². The summed E-state index contributed by atoms with van der Waals surface area (Å²) in [5, 5.41) is 8.55. The molecule has 0 atom stereocenters. The van der Waals surface area contributed by atoms with E-state index in [1.807, 2.05) is 0 Å². The summed E-state index contributed by atoms with van der Waals surface area (Å²) >= 11 is 0. The van der Waals surface area contributed by atoms with Crippen molar-refractivity contribution in [2.45, 2.75) is 122 Å². The van der Waals surface area contributed by atoms with Crippen molar-refractivity contribution in [3.05, 3.63) is 12.2 Å². The van der Waals surface area contributed by atoms with Gasteiger partial charge in [-0.25, -0.2) is 0 Å². The Kier molecular flexibility index (Phi) is 19.6. The molecule has 0 aliphatic heterocycles. The molecule has 0 aromatic rings. The van der Waals surface area contributed by atoms with Crippen LogP contribution < -0.4 is 0 Å². The maximum Gasteiger partial charge on any atom is 0.303 e. The molecule has 0 rings (SSSR count). The molecule has 2 heteroatoms. The summed E-state index contributed by atoms with van der Waals surface area (Å²) in [4.78, 5) is 10.4. The molecular weight excluding hydrogens is 296 g/mol. The Morgan fingerprint density at radius 3 is 1.42 bits per heavy atom. The van der Waals surface area contributed by atoms with E-state index in [-0.39, 0.29) is 0 Å². The third-order valence-electron chi connectivity index (χ3n) is 4.65. The molecule has 1 N–H and O–H groups in total. The summed E-state index contributed by atoms with van der Waals surface area (Å²) < 4.78 is 0. The zero-order valence-corrected chi connectivity index (χ0v) is 16.2. The third-order valence-corrected chi connectivity index (χ3v) is 4.65. The lowest BCUT2D eigenvalue weighted by Crippen LogP contribution is -1.93. The Morgan fingerprint density at radius 2 is 1.00 bits per heavy atom. The molecule has 0 amide bonds. The van der Waals surface area contributed by atoms with E-state index in [1.165, 1.54) is 96.3 Å². The number of hydrogen-bond acceptors (Lipinski definition) is 1.